The summed E-state index contributed by atoms with van der Waals surface area (Å²) in [5, 5.41) is 13.7. The SMILES string of the molecule is OC1CCC(CNCc2ncc(Cl)s2)C1. The number of aliphatic hydroxyl groups excluding tert-OH is 1. The van der Waals surface area contributed by atoms with Gasteiger partial charge in [0.15, 0.2) is 0 Å². The first-order chi connectivity index (χ1) is 7.24. The molecule has 0 saturated heterocycles. The van der Waals surface area contributed by atoms with Crippen molar-refractivity contribution in [1.29, 1.82) is 0 Å². The Kier molecular flexibility index (Phi) is 3.97. The summed E-state index contributed by atoms with van der Waals surface area (Å²) in [6, 6.07) is 0. The molecule has 2 atom stereocenters. The molecular weight excluding hydrogens is 232 g/mol. The van der Waals surface area contributed by atoms with Gasteiger partial charge in [0, 0.05) is 6.54 Å². The lowest BCUT2D eigenvalue weighted by Crippen LogP contribution is -2.21. The van der Waals surface area contributed by atoms with Crippen molar-refractivity contribution in [2.45, 2.75) is 31.9 Å². The summed E-state index contributed by atoms with van der Waals surface area (Å²) in [7, 11) is 0. The van der Waals surface area contributed by atoms with Crippen molar-refractivity contribution >= 4 is 22.9 Å². The quantitative estimate of drug-likeness (QED) is 0.855. The molecule has 1 fully saturated rings. The topological polar surface area (TPSA) is 45.1 Å². The lowest BCUT2D eigenvalue weighted by atomic mass is 10.1. The first-order valence-electron chi connectivity index (χ1n) is 5.23. The van der Waals surface area contributed by atoms with E-state index in [0.717, 1.165) is 41.7 Å². The number of rotatable bonds is 4. The van der Waals surface area contributed by atoms with E-state index in [9.17, 15) is 5.11 Å². The summed E-state index contributed by atoms with van der Waals surface area (Å²) >= 11 is 7.29. The molecule has 2 rings (SSSR count). The zero-order chi connectivity index (χ0) is 10.7. The number of halogens is 1. The fourth-order valence-electron chi connectivity index (χ4n) is 1.99. The minimum absolute atomic E-state index is 0.0777. The minimum atomic E-state index is -0.0777. The second-order valence-electron chi connectivity index (χ2n) is 4.02. The van der Waals surface area contributed by atoms with Crippen LogP contribution in [0.5, 0.6) is 0 Å². The highest BCUT2D eigenvalue weighted by molar-refractivity contribution is 7.15. The van der Waals surface area contributed by atoms with Crippen molar-refractivity contribution in [1.82, 2.24) is 10.3 Å². The number of nitrogens with zero attached hydrogens (tertiary/aromatic N) is 1. The fourth-order valence-corrected chi connectivity index (χ4v) is 2.91. The minimum Gasteiger partial charge on any atom is -0.393 e. The second-order valence-corrected chi connectivity index (χ2v) is 5.77. The normalized spacial score (nSPS) is 26.0. The van der Waals surface area contributed by atoms with Crippen LogP contribution in [0, 0.1) is 5.92 Å². The molecule has 1 heterocycles. The average Bonchev–Trinajstić information content (AvgIpc) is 2.76. The summed E-state index contributed by atoms with van der Waals surface area (Å²) in [4.78, 5) is 4.17. The number of aliphatic hydroxyl groups is 1. The van der Waals surface area contributed by atoms with Gasteiger partial charge in [0.2, 0.25) is 0 Å². The van der Waals surface area contributed by atoms with E-state index in [2.05, 4.69) is 10.3 Å². The van der Waals surface area contributed by atoms with Crippen LogP contribution in [-0.4, -0.2) is 22.7 Å². The Morgan fingerprint density at radius 2 is 2.47 bits per heavy atom. The molecule has 0 bridgehead atoms. The third-order valence-corrected chi connectivity index (χ3v) is 3.86. The second kappa shape index (κ2) is 5.25. The Balaban J connectivity index is 1.67. The fraction of sp³-hybridized carbons (Fsp3) is 0.700. The van der Waals surface area contributed by atoms with E-state index in [1.165, 1.54) is 11.3 Å². The van der Waals surface area contributed by atoms with Crippen LogP contribution < -0.4 is 5.32 Å². The third-order valence-electron chi connectivity index (χ3n) is 2.75. The van der Waals surface area contributed by atoms with Crippen LogP contribution in [-0.2, 0) is 6.54 Å². The molecule has 0 amide bonds. The third kappa shape index (κ3) is 3.41. The van der Waals surface area contributed by atoms with E-state index in [4.69, 9.17) is 11.6 Å². The lowest BCUT2D eigenvalue weighted by Gasteiger charge is -2.09. The zero-order valence-corrected chi connectivity index (χ0v) is 10.0. The highest BCUT2D eigenvalue weighted by Gasteiger charge is 2.22. The smallest absolute Gasteiger partial charge is 0.113 e. The Hall–Kier alpha value is -0.160. The number of hydrogen-bond donors (Lipinski definition) is 2. The van der Waals surface area contributed by atoms with E-state index < -0.39 is 0 Å². The summed E-state index contributed by atoms with van der Waals surface area (Å²) in [5.74, 6) is 0.621. The molecular formula is C10H15ClN2OS. The van der Waals surface area contributed by atoms with E-state index in [1.807, 2.05) is 0 Å². The molecule has 0 aromatic carbocycles. The molecule has 3 nitrogen and oxygen atoms in total. The average molecular weight is 247 g/mol. The molecule has 0 spiro atoms. The van der Waals surface area contributed by atoms with Gasteiger partial charge in [-0.2, -0.15) is 0 Å². The monoisotopic (exact) mass is 246 g/mol. The van der Waals surface area contributed by atoms with Gasteiger partial charge in [-0.05, 0) is 31.7 Å². The molecule has 2 unspecified atom stereocenters. The molecule has 1 aromatic rings. The number of hydrogen-bond acceptors (Lipinski definition) is 4. The van der Waals surface area contributed by atoms with Crippen molar-refractivity contribution in [2.75, 3.05) is 6.54 Å². The van der Waals surface area contributed by atoms with Gasteiger partial charge in [0.1, 0.15) is 9.34 Å². The van der Waals surface area contributed by atoms with Crippen LogP contribution in [0.1, 0.15) is 24.3 Å². The van der Waals surface area contributed by atoms with E-state index in [0.29, 0.717) is 5.92 Å². The number of nitrogens with one attached hydrogen (secondary N) is 1. The van der Waals surface area contributed by atoms with Crippen LogP contribution in [0.15, 0.2) is 6.20 Å². The van der Waals surface area contributed by atoms with E-state index in [-0.39, 0.29) is 6.10 Å². The van der Waals surface area contributed by atoms with Gasteiger partial charge >= 0.3 is 0 Å². The molecule has 5 heteroatoms. The van der Waals surface area contributed by atoms with Crippen LogP contribution in [0.4, 0.5) is 0 Å². The Morgan fingerprint density at radius 1 is 1.60 bits per heavy atom. The molecule has 84 valence electrons. The molecule has 2 N–H and O–H groups in total. The maximum Gasteiger partial charge on any atom is 0.113 e. The molecule has 0 aliphatic heterocycles. The van der Waals surface area contributed by atoms with Crippen molar-refractivity contribution in [3.8, 4) is 0 Å². The number of thiazole rings is 1. The van der Waals surface area contributed by atoms with Crippen LogP contribution in [0.25, 0.3) is 0 Å². The van der Waals surface area contributed by atoms with Gasteiger partial charge < -0.3 is 10.4 Å². The molecule has 1 aromatic heterocycles. The zero-order valence-electron chi connectivity index (χ0n) is 8.45. The summed E-state index contributed by atoms with van der Waals surface area (Å²) in [5.41, 5.74) is 0. The van der Waals surface area contributed by atoms with Gasteiger partial charge in [-0.3, -0.25) is 0 Å². The number of aromatic nitrogens is 1. The Labute approximate surface area is 98.5 Å². The summed E-state index contributed by atoms with van der Waals surface area (Å²) in [6.07, 6.45) is 4.63. The van der Waals surface area contributed by atoms with E-state index in [1.54, 1.807) is 6.20 Å². The predicted octanol–water partition coefficient (Wildman–Crippen LogP) is 2.05. The van der Waals surface area contributed by atoms with Gasteiger partial charge in [-0.1, -0.05) is 11.6 Å². The molecule has 1 aliphatic carbocycles. The molecule has 15 heavy (non-hydrogen) atoms. The Morgan fingerprint density at radius 3 is 3.07 bits per heavy atom. The highest BCUT2D eigenvalue weighted by Crippen LogP contribution is 2.24. The van der Waals surface area contributed by atoms with Crippen molar-refractivity contribution < 1.29 is 5.11 Å². The van der Waals surface area contributed by atoms with Crippen LogP contribution in [0.3, 0.4) is 0 Å². The predicted molar refractivity (Wildman–Crippen MR) is 62.2 cm³/mol. The van der Waals surface area contributed by atoms with Crippen LogP contribution in [0.2, 0.25) is 4.34 Å². The first-order valence-corrected chi connectivity index (χ1v) is 6.42. The lowest BCUT2D eigenvalue weighted by molar-refractivity contribution is 0.177. The highest BCUT2D eigenvalue weighted by atomic mass is 35.5. The van der Waals surface area contributed by atoms with Crippen molar-refractivity contribution in [3.05, 3.63) is 15.5 Å². The summed E-state index contributed by atoms with van der Waals surface area (Å²) < 4.78 is 0.739. The summed E-state index contributed by atoms with van der Waals surface area (Å²) in [6.45, 7) is 1.75. The first kappa shape index (κ1) is 11.3. The molecule has 0 radical (unpaired) electrons. The molecule has 1 aliphatic rings. The maximum absolute atomic E-state index is 9.36. The van der Waals surface area contributed by atoms with Gasteiger partial charge in [-0.15, -0.1) is 11.3 Å². The van der Waals surface area contributed by atoms with Crippen molar-refractivity contribution in [3.63, 3.8) is 0 Å². The standard InChI is InChI=1S/C10H15ClN2OS/c11-9-5-13-10(15-9)6-12-4-7-1-2-8(14)3-7/h5,7-8,12,14H,1-4,6H2. The van der Waals surface area contributed by atoms with E-state index >= 15 is 0 Å². The molecule has 1 saturated carbocycles. The van der Waals surface area contributed by atoms with Crippen LogP contribution >= 0.6 is 22.9 Å². The Bertz CT molecular complexity index is 318. The largest absolute Gasteiger partial charge is 0.393 e. The van der Waals surface area contributed by atoms with Gasteiger partial charge in [0.05, 0.1) is 12.3 Å². The van der Waals surface area contributed by atoms with Gasteiger partial charge in [0.25, 0.3) is 0 Å². The maximum atomic E-state index is 9.36. The van der Waals surface area contributed by atoms with Gasteiger partial charge in [-0.25, -0.2) is 4.98 Å². The van der Waals surface area contributed by atoms with Crippen molar-refractivity contribution in [2.24, 2.45) is 5.92 Å².